The molecule has 3 nitrogen and oxygen atoms in total. The van der Waals surface area contributed by atoms with Crippen LogP contribution in [-0.2, 0) is 11.3 Å². The highest BCUT2D eigenvalue weighted by atomic mass is 35.5. The molecule has 0 radical (unpaired) electrons. The lowest BCUT2D eigenvalue weighted by molar-refractivity contribution is 0.161. The largest absolute Gasteiger partial charge is 0.392 e. The number of benzene rings is 1. The maximum absolute atomic E-state index is 9.07. The number of nitrogens with zero attached hydrogens (tertiary/aromatic N) is 1. The van der Waals surface area contributed by atoms with Crippen LogP contribution in [0.4, 0.5) is 5.69 Å². The summed E-state index contributed by atoms with van der Waals surface area (Å²) in [5.41, 5.74) is 1.91. The van der Waals surface area contributed by atoms with Crippen molar-refractivity contribution in [3.63, 3.8) is 0 Å². The molecule has 1 atom stereocenters. The summed E-state index contributed by atoms with van der Waals surface area (Å²) >= 11 is 6.09. The lowest BCUT2D eigenvalue weighted by Crippen LogP contribution is -2.20. The third-order valence-electron chi connectivity index (χ3n) is 3.26. The van der Waals surface area contributed by atoms with Crippen molar-refractivity contribution in [3.8, 4) is 0 Å². The smallest absolute Gasteiger partial charge is 0.0696 e. The molecule has 2 rings (SSSR count). The fraction of sp³-hybridized carbons (Fsp3) is 0.538. The van der Waals surface area contributed by atoms with E-state index in [1.807, 2.05) is 18.2 Å². The van der Waals surface area contributed by atoms with Crippen LogP contribution in [0.5, 0.6) is 0 Å². The van der Waals surface area contributed by atoms with Gasteiger partial charge in [0.15, 0.2) is 0 Å². The molecule has 1 aromatic rings. The molecule has 1 aromatic carbocycles. The van der Waals surface area contributed by atoms with E-state index in [4.69, 9.17) is 21.4 Å². The van der Waals surface area contributed by atoms with Gasteiger partial charge in [-0.2, -0.15) is 0 Å². The molecule has 0 aromatic heterocycles. The number of methoxy groups -OCH3 is 1. The molecule has 94 valence electrons. The fourth-order valence-electron chi connectivity index (χ4n) is 2.30. The molecule has 1 saturated heterocycles. The van der Waals surface area contributed by atoms with Crippen molar-refractivity contribution in [1.82, 2.24) is 0 Å². The van der Waals surface area contributed by atoms with Crippen molar-refractivity contribution in [2.75, 3.05) is 31.7 Å². The van der Waals surface area contributed by atoms with Gasteiger partial charge in [-0.1, -0.05) is 17.7 Å². The fourth-order valence-corrected chi connectivity index (χ4v) is 2.53. The van der Waals surface area contributed by atoms with Gasteiger partial charge < -0.3 is 14.7 Å². The molecule has 0 amide bonds. The van der Waals surface area contributed by atoms with E-state index < -0.39 is 0 Å². The van der Waals surface area contributed by atoms with E-state index in [1.54, 1.807) is 7.11 Å². The number of hydrogen-bond acceptors (Lipinski definition) is 3. The molecule has 1 fully saturated rings. The van der Waals surface area contributed by atoms with E-state index in [0.29, 0.717) is 10.9 Å². The highest BCUT2D eigenvalue weighted by Gasteiger charge is 2.22. The Morgan fingerprint density at radius 3 is 3.00 bits per heavy atom. The molecule has 1 heterocycles. The van der Waals surface area contributed by atoms with Gasteiger partial charge in [-0.3, -0.25) is 0 Å². The Balaban J connectivity index is 2.06. The van der Waals surface area contributed by atoms with Crippen LogP contribution in [0.15, 0.2) is 18.2 Å². The van der Waals surface area contributed by atoms with Crippen molar-refractivity contribution >= 4 is 17.3 Å². The summed E-state index contributed by atoms with van der Waals surface area (Å²) in [5, 5.41) is 9.71. The van der Waals surface area contributed by atoms with E-state index >= 15 is 0 Å². The lowest BCUT2D eigenvalue weighted by atomic mass is 10.1. The van der Waals surface area contributed by atoms with Crippen LogP contribution in [0, 0.1) is 5.92 Å². The summed E-state index contributed by atoms with van der Waals surface area (Å²) in [5.74, 6) is 0.608. The van der Waals surface area contributed by atoms with Gasteiger partial charge in [0.2, 0.25) is 0 Å². The number of hydrogen-bond donors (Lipinski definition) is 1. The van der Waals surface area contributed by atoms with E-state index in [9.17, 15) is 0 Å². The minimum absolute atomic E-state index is 0.00852. The molecule has 0 spiro atoms. The number of anilines is 1. The Morgan fingerprint density at radius 1 is 1.53 bits per heavy atom. The number of aliphatic hydroxyl groups excluding tert-OH is 1. The van der Waals surface area contributed by atoms with Gasteiger partial charge in [0.05, 0.1) is 13.2 Å². The normalized spacial score (nSPS) is 19.9. The first kappa shape index (κ1) is 12.7. The van der Waals surface area contributed by atoms with Crippen molar-refractivity contribution in [2.24, 2.45) is 5.92 Å². The number of aliphatic hydroxyl groups is 1. The first-order valence-electron chi connectivity index (χ1n) is 5.87. The minimum atomic E-state index is -0.00852. The quantitative estimate of drug-likeness (QED) is 0.896. The van der Waals surface area contributed by atoms with Crippen LogP contribution in [0.3, 0.4) is 0 Å². The van der Waals surface area contributed by atoms with Gasteiger partial charge in [-0.05, 0) is 24.1 Å². The third kappa shape index (κ3) is 2.92. The van der Waals surface area contributed by atoms with Crippen LogP contribution in [0.2, 0.25) is 5.02 Å². The van der Waals surface area contributed by atoms with E-state index in [2.05, 4.69) is 4.90 Å². The summed E-state index contributed by atoms with van der Waals surface area (Å²) in [4.78, 5) is 2.32. The second-order valence-electron chi connectivity index (χ2n) is 4.49. The number of halogens is 1. The molecule has 1 unspecified atom stereocenters. The van der Waals surface area contributed by atoms with Crippen molar-refractivity contribution in [1.29, 1.82) is 0 Å². The van der Waals surface area contributed by atoms with Gasteiger partial charge in [-0.25, -0.2) is 0 Å². The second-order valence-corrected chi connectivity index (χ2v) is 4.90. The molecule has 17 heavy (non-hydrogen) atoms. The van der Waals surface area contributed by atoms with Gasteiger partial charge in [0.25, 0.3) is 0 Å². The first-order chi connectivity index (χ1) is 8.24. The summed E-state index contributed by atoms with van der Waals surface area (Å²) in [6.07, 6.45) is 1.16. The van der Waals surface area contributed by atoms with E-state index in [0.717, 1.165) is 37.4 Å². The molecule has 4 heteroatoms. The maximum atomic E-state index is 9.07. The Kier molecular flexibility index (Phi) is 4.26. The predicted molar refractivity (Wildman–Crippen MR) is 69.6 cm³/mol. The monoisotopic (exact) mass is 255 g/mol. The minimum Gasteiger partial charge on any atom is -0.392 e. The first-order valence-corrected chi connectivity index (χ1v) is 6.25. The molecule has 1 aliphatic rings. The summed E-state index contributed by atoms with van der Waals surface area (Å²) < 4.78 is 5.18. The summed E-state index contributed by atoms with van der Waals surface area (Å²) in [7, 11) is 1.75. The SMILES string of the molecule is COCC1CCN(c2ccc(CO)c(Cl)c2)C1. The third-order valence-corrected chi connectivity index (χ3v) is 3.61. The van der Waals surface area contributed by atoms with Gasteiger partial charge in [-0.15, -0.1) is 0 Å². The van der Waals surface area contributed by atoms with Crippen molar-refractivity contribution < 1.29 is 9.84 Å². The molecule has 1 N–H and O–H groups in total. The lowest BCUT2D eigenvalue weighted by Gasteiger charge is -2.19. The van der Waals surface area contributed by atoms with Gasteiger partial charge in [0.1, 0.15) is 0 Å². The van der Waals surface area contributed by atoms with E-state index in [-0.39, 0.29) is 6.61 Å². The Labute approximate surface area is 107 Å². The Hall–Kier alpha value is -0.770. The zero-order valence-electron chi connectivity index (χ0n) is 10.0. The zero-order chi connectivity index (χ0) is 12.3. The second kappa shape index (κ2) is 5.71. The van der Waals surface area contributed by atoms with Crippen LogP contribution in [0.25, 0.3) is 0 Å². The summed E-state index contributed by atoms with van der Waals surface area (Å²) in [6.45, 7) is 2.87. The zero-order valence-corrected chi connectivity index (χ0v) is 10.8. The molecular formula is C13H18ClNO2. The van der Waals surface area contributed by atoms with Crippen LogP contribution in [0.1, 0.15) is 12.0 Å². The van der Waals surface area contributed by atoms with Crippen LogP contribution >= 0.6 is 11.6 Å². The van der Waals surface area contributed by atoms with Gasteiger partial charge >= 0.3 is 0 Å². The molecule has 0 saturated carbocycles. The highest BCUT2D eigenvalue weighted by molar-refractivity contribution is 6.31. The van der Waals surface area contributed by atoms with Crippen molar-refractivity contribution in [3.05, 3.63) is 28.8 Å². The summed E-state index contributed by atoms with van der Waals surface area (Å²) in [6, 6.07) is 5.84. The molecular weight excluding hydrogens is 238 g/mol. The average molecular weight is 256 g/mol. The van der Waals surface area contributed by atoms with Crippen LogP contribution < -0.4 is 4.90 Å². The number of ether oxygens (including phenoxy) is 1. The molecule has 0 aliphatic carbocycles. The van der Waals surface area contributed by atoms with Crippen LogP contribution in [-0.4, -0.2) is 31.9 Å². The highest BCUT2D eigenvalue weighted by Crippen LogP contribution is 2.28. The molecule has 0 bridgehead atoms. The number of rotatable bonds is 4. The average Bonchev–Trinajstić information content (AvgIpc) is 2.78. The standard InChI is InChI=1S/C13H18ClNO2/c1-17-9-10-4-5-15(7-10)12-3-2-11(8-16)13(14)6-12/h2-3,6,10,16H,4-5,7-9H2,1H3. The Bertz CT molecular complexity index is 384. The molecule has 1 aliphatic heterocycles. The maximum Gasteiger partial charge on any atom is 0.0696 e. The van der Waals surface area contributed by atoms with Gasteiger partial charge in [0, 0.05) is 36.8 Å². The van der Waals surface area contributed by atoms with Crippen molar-refractivity contribution in [2.45, 2.75) is 13.0 Å². The van der Waals surface area contributed by atoms with E-state index in [1.165, 1.54) is 0 Å². The topological polar surface area (TPSA) is 32.7 Å². The Morgan fingerprint density at radius 2 is 2.35 bits per heavy atom. The predicted octanol–water partition coefficient (Wildman–Crippen LogP) is 2.31.